The molecule has 0 unspecified atom stereocenters. The molecular weight excluding hydrogens is 337 g/mol. The first-order valence-corrected chi connectivity index (χ1v) is 8.50. The molecule has 1 aromatic carbocycles. The van der Waals surface area contributed by atoms with Gasteiger partial charge in [-0.15, -0.1) is 0 Å². The summed E-state index contributed by atoms with van der Waals surface area (Å²) in [5.74, 6) is -1.36. The van der Waals surface area contributed by atoms with Crippen molar-refractivity contribution in [2.24, 2.45) is 5.92 Å². The van der Waals surface area contributed by atoms with Crippen LogP contribution in [0.5, 0.6) is 0 Å². The zero-order valence-corrected chi connectivity index (χ0v) is 14.6. The van der Waals surface area contributed by atoms with Gasteiger partial charge in [-0.1, -0.05) is 26.3 Å². The van der Waals surface area contributed by atoms with Crippen LogP contribution in [0.15, 0.2) is 41.2 Å². The Labute approximate surface area is 150 Å². The molecule has 3 rings (SSSR count). The van der Waals surface area contributed by atoms with Crippen molar-refractivity contribution < 1.29 is 14.0 Å². The van der Waals surface area contributed by atoms with Crippen LogP contribution >= 0.6 is 0 Å². The highest BCUT2D eigenvalue weighted by molar-refractivity contribution is 6.02. The van der Waals surface area contributed by atoms with Gasteiger partial charge in [0.2, 0.25) is 11.5 Å². The van der Waals surface area contributed by atoms with Gasteiger partial charge < -0.3 is 15.2 Å². The van der Waals surface area contributed by atoms with E-state index < -0.39 is 23.3 Å². The molecule has 2 atom stereocenters. The molecule has 0 bridgehead atoms. The fourth-order valence-electron chi connectivity index (χ4n) is 3.16. The van der Waals surface area contributed by atoms with Gasteiger partial charge in [-0.2, -0.15) is 0 Å². The van der Waals surface area contributed by atoms with Crippen LogP contribution in [0, 0.1) is 11.7 Å². The van der Waals surface area contributed by atoms with Gasteiger partial charge in [0.15, 0.2) is 0 Å². The van der Waals surface area contributed by atoms with Crippen LogP contribution in [0.4, 0.5) is 10.1 Å². The molecule has 1 aliphatic rings. The van der Waals surface area contributed by atoms with Gasteiger partial charge in [-0.3, -0.25) is 14.4 Å². The third-order valence-electron chi connectivity index (χ3n) is 4.71. The molecule has 0 saturated carbocycles. The molecule has 0 saturated heterocycles. The van der Waals surface area contributed by atoms with Crippen LogP contribution in [0.2, 0.25) is 0 Å². The first kappa shape index (κ1) is 17.8. The van der Waals surface area contributed by atoms with Crippen molar-refractivity contribution in [1.29, 1.82) is 0 Å². The van der Waals surface area contributed by atoms with Crippen LogP contribution in [-0.2, 0) is 11.3 Å². The number of hydrogen-bond donors (Lipinski definition) is 2. The Morgan fingerprint density at radius 2 is 2.08 bits per heavy atom. The SMILES string of the molecule is CC[C@H](C)[C@H]1C(=O)Nc2ccc(F)cc2CN1C(=O)c1cccc(=O)[nH]1. The minimum atomic E-state index is -0.730. The fraction of sp³-hybridized carbons (Fsp3) is 0.316. The summed E-state index contributed by atoms with van der Waals surface area (Å²) in [7, 11) is 0. The largest absolute Gasteiger partial charge is 0.324 e. The zero-order chi connectivity index (χ0) is 18.8. The molecule has 0 fully saturated rings. The molecule has 1 aromatic heterocycles. The number of carbonyl (C=O) groups is 2. The van der Waals surface area contributed by atoms with E-state index in [9.17, 15) is 18.8 Å². The summed E-state index contributed by atoms with van der Waals surface area (Å²) in [5.41, 5.74) is 0.692. The van der Waals surface area contributed by atoms with Crippen LogP contribution in [0.25, 0.3) is 0 Å². The molecule has 6 nitrogen and oxygen atoms in total. The van der Waals surface area contributed by atoms with E-state index in [0.717, 1.165) is 0 Å². The summed E-state index contributed by atoms with van der Waals surface area (Å²) >= 11 is 0. The second kappa shape index (κ2) is 7.11. The Morgan fingerprint density at radius 3 is 2.77 bits per heavy atom. The van der Waals surface area contributed by atoms with Crippen LogP contribution in [0.1, 0.15) is 36.3 Å². The van der Waals surface area contributed by atoms with Crippen molar-refractivity contribution >= 4 is 17.5 Å². The summed E-state index contributed by atoms with van der Waals surface area (Å²) in [5, 5.41) is 2.79. The Kier molecular flexibility index (Phi) is 4.88. The highest BCUT2D eigenvalue weighted by Crippen LogP contribution is 2.28. The maximum atomic E-state index is 13.7. The number of nitrogens with zero attached hydrogens (tertiary/aromatic N) is 1. The van der Waals surface area contributed by atoms with Gasteiger partial charge in [0.05, 0.1) is 0 Å². The van der Waals surface area contributed by atoms with Crippen LogP contribution in [0.3, 0.4) is 0 Å². The van der Waals surface area contributed by atoms with Gasteiger partial charge in [0.25, 0.3) is 5.91 Å². The Morgan fingerprint density at radius 1 is 1.31 bits per heavy atom. The summed E-state index contributed by atoms with van der Waals surface area (Å²) in [6.07, 6.45) is 0.678. The quantitative estimate of drug-likeness (QED) is 0.886. The maximum absolute atomic E-state index is 13.7. The van der Waals surface area contributed by atoms with E-state index in [-0.39, 0.29) is 24.1 Å². The predicted molar refractivity (Wildman–Crippen MR) is 95.2 cm³/mol. The van der Waals surface area contributed by atoms with Crippen molar-refractivity contribution in [2.75, 3.05) is 5.32 Å². The summed E-state index contributed by atoms with van der Waals surface area (Å²) < 4.78 is 13.7. The zero-order valence-electron chi connectivity index (χ0n) is 14.6. The van der Waals surface area contributed by atoms with E-state index in [2.05, 4.69) is 10.3 Å². The number of fused-ring (bicyclic) bond motifs is 1. The van der Waals surface area contributed by atoms with Gasteiger partial charge >= 0.3 is 0 Å². The number of halogens is 1. The Balaban J connectivity index is 2.08. The van der Waals surface area contributed by atoms with Gasteiger partial charge in [-0.25, -0.2) is 4.39 Å². The van der Waals surface area contributed by atoms with E-state index in [4.69, 9.17) is 0 Å². The molecule has 136 valence electrons. The molecule has 1 aliphatic heterocycles. The third kappa shape index (κ3) is 3.37. The van der Waals surface area contributed by atoms with Crippen molar-refractivity contribution in [3.05, 3.63) is 63.8 Å². The van der Waals surface area contributed by atoms with E-state index in [1.165, 1.54) is 41.3 Å². The third-order valence-corrected chi connectivity index (χ3v) is 4.71. The van der Waals surface area contributed by atoms with Crippen LogP contribution in [-0.4, -0.2) is 27.7 Å². The normalized spacial score (nSPS) is 17.9. The topological polar surface area (TPSA) is 82.3 Å². The summed E-state index contributed by atoms with van der Waals surface area (Å²) in [6.45, 7) is 3.88. The predicted octanol–water partition coefficient (Wildman–Crippen LogP) is 2.52. The van der Waals surface area contributed by atoms with Gasteiger partial charge in [0.1, 0.15) is 17.6 Å². The van der Waals surface area contributed by atoms with Crippen LogP contribution < -0.4 is 10.9 Å². The first-order chi connectivity index (χ1) is 12.4. The number of amides is 2. The average Bonchev–Trinajstić information content (AvgIpc) is 2.76. The van der Waals surface area contributed by atoms with Gasteiger partial charge in [0, 0.05) is 18.3 Å². The molecule has 7 heteroatoms. The highest BCUT2D eigenvalue weighted by Gasteiger charge is 2.37. The number of anilines is 1. The lowest BCUT2D eigenvalue weighted by atomic mass is 9.96. The van der Waals surface area contributed by atoms with Crippen molar-refractivity contribution in [3.8, 4) is 0 Å². The van der Waals surface area contributed by atoms with Crippen molar-refractivity contribution in [3.63, 3.8) is 0 Å². The number of pyridine rings is 1. The van der Waals surface area contributed by atoms with Crippen molar-refractivity contribution in [1.82, 2.24) is 9.88 Å². The van der Waals surface area contributed by atoms with E-state index in [1.807, 2.05) is 13.8 Å². The molecule has 2 N–H and O–H groups in total. The minimum absolute atomic E-state index is 0.0661. The Hall–Kier alpha value is -2.96. The number of nitrogens with one attached hydrogen (secondary N) is 2. The number of rotatable bonds is 3. The molecule has 2 aromatic rings. The van der Waals surface area contributed by atoms with Crippen molar-refractivity contribution in [2.45, 2.75) is 32.9 Å². The molecule has 0 spiro atoms. The number of aromatic amines is 1. The number of H-pyrrole nitrogens is 1. The summed E-state index contributed by atoms with van der Waals surface area (Å²) in [6, 6.07) is 7.62. The number of carbonyl (C=O) groups excluding carboxylic acids is 2. The molecular formula is C19H20FN3O3. The minimum Gasteiger partial charge on any atom is -0.324 e. The molecule has 2 heterocycles. The lowest BCUT2D eigenvalue weighted by Gasteiger charge is -2.32. The Bertz CT molecular complexity index is 909. The maximum Gasteiger partial charge on any atom is 0.271 e. The van der Waals surface area contributed by atoms with Gasteiger partial charge in [-0.05, 0) is 35.7 Å². The highest BCUT2D eigenvalue weighted by atomic mass is 19.1. The molecule has 2 amide bonds. The number of hydrogen-bond acceptors (Lipinski definition) is 3. The smallest absolute Gasteiger partial charge is 0.271 e. The van der Waals surface area contributed by atoms with E-state index >= 15 is 0 Å². The summed E-state index contributed by atoms with van der Waals surface area (Å²) in [4.78, 5) is 41.3. The monoisotopic (exact) mass is 357 g/mol. The average molecular weight is 357 g/mol. The number of aromatic nitrogens is 1. The lowest BCUT2D eigenvalue weighted by molar-refractivity contribution is -0.122. The van der Waals surface area contributed by atoms with E-state index in [0.29, 0.717) is 17.7 Å². The molecule has 0 aliphatic carbocycles. The second-order valence-corrected chi connectivity index (χ2v) is 6.48. The fourth-order valence-corrected chi connectivity index (χ4v) is 3.16. The number of benzene rings is 1. The van der Waals surface area contributed by atoms with E-state index in [1.54, 1.807) is 0 Å². The standard InChI is InChI=1S/C19H20FN3O3/c1-3-11(2)17-18(25)22-14-8-7-13(20)9-12(14)10-23(17)19(26)15-5-4-6-16(24)21-15/h4-9,11,17H,3,10H2,1-2H3,(H,21,24)(H,22,25)/t11-,17-/m0/s1. The lowest BCUT2D eigenvalue weighted by Crippen LogP contribution is -2.49. The molecule has 0 radical (unpaired) electrons. The first-order valence-electron chi connectivity index (χ1n) is 8.50. The second-order valence-electron chi connectivity index (χ2n) is 6.48. The molecule has 26 heavy (non-hydrogen) atoms.